The van der Waals surface area contributed by atoms with Crippen molar-refractivity contribution in [3.05, 3.63) is 112 Å². The molecule has 146 valence electrons. The molecule has 29 heavy (non-hydrogen) atoms. The molecular formula is C25H22ClNO2. The maximum atomic E-state index is 13.1. The van der Waals surface area contributed by atoms with Crippen LogP contribution in [0.25, 0.3) is 5.57 Å². The molecule has 0 saturated heterocycles. The summed E-state index contributed by atoms with van der Waals surface area (Å²) >= 11 is 6.36. The summed E-state index contributed by atoms with van der Waals surface area (Å²) in [4.78, 5) is 14.8. The van der Waals surface area contributed by atoms with Gasteiger partial charge in [0, 0.05) is 17.1 Å². The molecule has 0 bridgehead atoms. The number of aliphatic hydroxyl groups is 1. The third-order valence-corrected chi connectivity index (χ3v) is 5.76. The normalized spacial score (nSPS) is 16.6. The molecule has 1 unspecified atom stereocenters. The molecule has 0 spiro atoms. The first-order chi connectivity index (χ1) is 14.1. The fourth-order valence-electron chi connectivity index (χ4n) is 3.82. The lowest BCUT2D eigenvalue weighted by atomic mass is 9.92. The Labute approximate surface area is 175 Å². The van der Waals surface area contributed by atoms with E-state index in [-0.39, 0.29) is 17.7 Å². The van der Waals surface area contributed by atoms with Crippen LogP contribution in [-0.2, 0) is 17.8 Å². The van der Waals surface area contributed by atoms with Gasteiger partial charge < -0.3 is 10.0 Å². The number of aliphatic hydroxyl groups excluding tert-OH is 1. The number of carbonyl (C=O) groups is 1. The van der Waals surface area contributed by atoms with E-state index in [4.69, 9.17) is 11.6 Å². The summed E-state index contributed by atoms with van der Waals surface area (Å²) in [7, 11) is 0. The van der Waals surface area contributed by atoms with Gasteiger partial charge in [-0.15, -0.1) is 0 Å². The van der Waals surface area contributed by atoms with Gasteiger partial charge in [-0.25, -0.2) is 0 Å². The number of hydrogen-bond donors (Lipinski definition) is 1. The highest BCUT2D eigenvalue weighted by molar-refractivity contribution is 6.31. The van der Waals surface area contributed by atoms with Crippen LogP contribution < -0.4 is 0 Å². The minimum atomic E-state index is -0.382. The molecule has 4 heteroatoms. The van der Waals surface area contributed by atoms with Gasteiger partial charge in [0.1, 0.15) is 0 Å². The molecule has 3 aromatic rings. The number of hydrogen-bond acceptors (Lipinski definition) is 2. The van der Waals surface area contributed by atoms with Crippen molar-refractivity contribution in [1.29, 1.82) is 0 Å². The van der Waals surface area contributed by atoms with Gasteiger partial charge in [-0.05, 0) is 34.7 Å². The van der Waals surface area contributed by atoms with Crippen molar-refractivity contribution in [1.82, 2.24) is 4.90 Å². The molecule has 0 saturated carbocycles. The van der Waals surface area contributed by atoms with Gasteiger partial charge in [-0.1, -0.05) is 91.3 Å². The third-order valence-electron chi connectivity index (χ3n) is 5.39. The summed E-state index contributed by atoms with van der Waals surface area (Å²) in [5.41, 5.74) is 4.51. The van der Waals surface area contributed by atoms with E-state index in [0.29, 0.717) is 17.1 Å². The summed E-state index contributed by atoms with van der Waals surface area (Å²) in [6.45, 7) is 2.43. The molecule has 0 radical (unpaired) electrons. The highest BCUT2D eigenvalue weighted by Gasteiger charge is 2.41. The van der Waals surface area contributed by atoms with Crippen LogP contribution >= 0.6 is 11.6 Å². The number of nitrogens with zero attached hydrogens (tertiary/aromatic N) is 1. The monoisotopic (exact) mass is 403 g/mol. The zero-order valence-corrected chi connectivity index (χ0v) is 16.9. The second-order valence-electron chi connectivity index (χ2n) is 7.15. The molecule has 0 aliphatic carbocycles. The van der Waals surface area contributed by atoms with E-state index in [9.17, 15) is 9.90 Å². The van der Waals surface area contributed by atoms with E-state index in [2.05, 4.69) is 19.1 Å². The van der Waals surface area contributed by atoms with Crippen molar-refractivity contribution in [2.45, 2.75) is 25.9 Å². The highest BCUT2D eigenvalue weighted by atomic mass is 35.5. The van der Waals surface area contributed by atoms with Gasteiger partial charge >= 0.3 is 0 Å². The summed E-state index contributed by atoms with van der Waals surface area (Å²) in [6.07, 6.45) is 0.944. The van der Waals surface area contributed by atoms with Gasteiger partial charge in [-0.2, -0.15) is 0 Å². The second-order valence-corrected chi connectivity index (χ2v) is 7.56. The Morgan fingerprint density at radius 1 is 0.931 bits per heavy atom. The predicted octanol–water partition coefficient (Wildman–Crippen LogP) is 5.96. The standard InChI is InChI=1S/C25H22ClNO2/c1-2-17-12-14-19(15-13-17)23-22(18-8-4-3-5-9-18)24(28)25(29)27(23)16-20-10-6-7-11-21(20)26/h3-15,23,28H,2,16H2,1H3. The Kier molecular flexibility index (Phi) is 5.41. The molecule has 1 aliphatic rings. The molecular weight excluding hydrogens is 382 g/mol. The van der Waals surface area contributed by atoms with E-state index in [0.717, 1.165) is 23.1 Å². The van der Waals surface area contributed by atoms with Gasteiger partial charge in [0.05, 0.1) is 6.04 Å². The topological polar surface area (TPSA) is 40.5 Å². The lowest BCUT2D eigenvalue weighted by Crippen LogP contribution is -2.30. The molecule has 3 aromatic carbocycles. The lowest BCUT2D eigenvalue weighted by molar-refractivity contribution is -0.130. The van der Waals surface area contributed by atoms with E-state index in [1.807, 2.05) is 66.7 Å². The van der Waals surface area contributed by atoms with Crippen LogP contribution in [-0.4, -0.2) is 15.9 Å². The molecule has 1 aliphatic heterocycles. The Bertz CT molecular complexity index is 1060. The van der Waals surface area contributed by atoms with Crippen LogP contribution in [0.2, 0.25) is 5.02 Å². The Morgan fingerprint density at radius 3 is 2.24 bits per heavy atom. The molecule has 1 amide bonds. The van der Waals surface area contributed by atoms with E-state index in [1.165, 1.54) is 5.56 Å². The zero-order valence-electron chi connectivity index (χ0n) is 16.2. The summed E-state index contributed by atoms with van der Waals surface area (Å²) in [5.74, 6) is -0.582. The molecule has 3 nitrogen and oxygen atoms in total. The number of benzene rings is 3. The van der Waals surface area contributed by atoms with Gasteiger partial charge in [0.15, 0.2) is 5.76 Å². The molecule has 0 aromatic heterocycles. The van der Waals surface area contributed by atoms with Crippen molar-refractivity contribution in [3.8, 4) is 0 Å². The SMILES string of the molecule is CCc1ccc(C2C(c3ccccc3)=C(O)C(=O)N2Cc2ccccc2Cl)cc1. The smallest absolute Gasteiger partial charge is 0.290 e. The van der Waals surface area contributed by atoms with Gasteiger partial charge in [0.2, 0.25) is 0 Å². The summed E-state index contributed by atoms with van der Waals surface area (Å²) < 4.78 is 0. The molecule has 0 fully saturated rings. The van der Waals surface area contributed by atoms with Crippen LogP contribution in [0.15, 0.2) is 84.6 Å². The average Bonchev–Trinajstić information content (AvgIpc) is 3.01. The van der Waals surface area contributed by atoms with E-state index < -0.39 is 0 Å². The van der Waals surface area contributed by atoms with Gasteiger partial charge in [-0.3, -0.25) is 4.79 Å². The molecule has 4 rings (SSSR count). The average molecular weight is 404 g/mol. The highest BCUT2D eigenvalue weighted by Crippen LogP contribution is 2.44. The first-order valence-electron chi connectivity index (χ1n) is 9.72. The Morgan fingerprint density at radius 2 is 1.59 bits per heavy atom. The fourth-order valence-corrected chi connectivity index (χ4v) is 4.02. The maximum Gasteiger partial charge on any atom is 0.290 e. The van der Waals surface area contributed by atoms with Crippen molar-refractivity contribution >= 4 is 23.1 Å². The lowest BCUT2D eigenvalue weighted by Gasteiger charge is -2.28. The van der Waals surface area contributed by atoms with Crippen molar-refractivity contribution < 1.29 is 9.90 Å². The molecule has 1 N–H and O–H groups in total. The quantitative estimate of drug-likeness (QED) is 0.571. The Balaban J connectivity index is 1.81. The second kappa shape index (κ2) is 8.14. The van der Waals surface area contributed by atoms with Crippen LogP contribution in [0.1, 0.15) is 35.2 Å². The number of amides is 1. The van der Waals surface area contributed by atoms with E-state index in [1.54, 1.807) is 4.90 Å². The molecule has 1 atom stereocenters. The van der Waals surface area contributed by atoms with Crippen LogP contribution in [0.5, 0.6) is 0 Å². The van der Waals surface area contributed by atoms with E-state index >= 15 is 0 Å². The first-order valence-corrected chi connectivity index (χ1v) is 10.1. The fraction of sp³-hybridized carbons (Fsp3) is 0.160. The zero-order chi connectivity index (χ0) is 20.4. The third kappa shape index (κ3) is 3.66. The number of aryl methyl sites for hydroxylation is 1. The Hall–Kier alpha value is -3.04. The van der Waals surface area contributed by atoms with Gasteiger partial charge in [0.25, 0.3) is 5.91 Å². The molecule has 1 heterocycles. The minimum Gasteiger partial charge on any atom is -0.503 e. The van der Waals surface area contributed by atoms with Crippen LogP contribution in [0, 0.1) is 0 Å². The van der Waals surface area contributed by atoms with Crippen LogP contribution in [0.3, 0.4) is 0 Å². The largest absolute Gasteiger partial charge is 0.503 e. The maximum absolute atomic E-state index is 13.1. The summed E-state index contributed by atoms with van der Waals surface area (Å²) in [5, 5.41) is 11.4. The van der Waals surface area contributed by atoms with Crippen molar-refractivity contribution in [2.75, 3.05) is 0 Å². The van der Waals surface area contributed by atoms with Crippen LogP contribution in [0.4, 0.5) is 0 Å². The summed E-state index contributed by atoms with van der Waals surface area (Å²) in [6, 6.07) is 24.9. The number of carbonyl (C=O) groups excluding carboxylic acids is 1. The minimum absolute atomic E-state index is 0.201. The van der Waals surface area contributed by atoms with Crippen molar-refractivity contribution in [2.24, 2.45) is 0 Å². The number of rotatable bonds is 5. The predicted molar refractivity (Wildman–Crippen MR) is 117 cm³/mol. The number of halogens is 1. The first kappa shape index (κ1) is 19.3. The van der Waals surface area contributed by atoms with Crippen molar-refractivity contribution in [3.63, 3.8) is 0 Å².